The Morgan fingerprint density at radius 3 is 2.59 bits per heavy atom. The Kier molecular flexibility index (Phi) is 5.33. The molecular weight excluding hydrogens is 411 g/mol. The predicted octanol–water partition coefficient (Wildman–Crippen LogP) is 3.79. The molecule has 8 heteroatoms. The maximum Gasteiger partial charge on any atom is 0.274 e. The minimum atomic E-state index is -0.411. The van der Waals surface area contributed by atoms with Gasteiger partial charge in [-0.2, -0.15) is 0 Å². The number of ether oxygens (including phenoxy) is 2. The monoisotopic (exact) mass is 438 g/mol. The van der Waals surface area contributed by atoms with Crippen LogP contribution in [0.3, 0.4) is 0 Å². The van der Waals surface area contributed by atoms with Gasteiger partial charge in [0.2, 0.25) is 0 Å². The van der Waals surface area contributed by atoms with E-state index in [1.807, 2.05) is 13.0 Å². The summed E-state index contributed by atoms with van der Waals surface area (Å²) >= 11 is 0. The van der Waals surface area contributed by atoms with Crippen LogP contribution < -0.4 is 10.1 Å². The zero-order valence-electron chi connectivity index (χ0n) is 18.5. The van der Waals surface area contributed by atoms with Crippen LogP contribution in [0, 0.1) is 24.6 Å². The number of hydrogen-bond donors (Lipinski definition) is 1. The standard InChI is InChI=1S/C24H27FN4O3/c1-13-6-20(16-7-17(25)11-19(10-16)31-2)28-23-21(26-12-29(13)23)24(30)27-18-8-14-4-5-15(9-18)22(14)32-3/h6-7,10-12,14-15,18,22H,4-5,8-9H2,1-3H3,(H,27,30). The molecule has 1 N–H and O–H groups in total. The number of hydrogen-bond acceptors (Lipinski definition) is 5. The van der Waals surface area contributed by atoms with Crippen LogP contribution in [0.25, 0.3) is 16.9 Å². The molecule has 32 heavy (non-hydrogen) atoms. The van der Waals surface area contributed by atoms with Gasteiger partial charge in [0.25, 0.3) is 5.91 Å². The quantitative estimate of drug-likeness (QED) is 0.656. The summed E-state index contributed by atoms with van der Waals surface area (Å²) in [5, 5.41) is 3.17. The van der Waals surface area contributed by atoms with E-state index in [9.17, 15) is 9.18 Å². The van der Waals surface area contributed by atoms with Gasteiger partial charge in [-0.15, -0.1) is 0 Å². The molecule has 1 amide bonds. The fourth-order valence-electron chi connectivity index (χ4n) is 5.49. The maximum atomic E-state index is 14.0. The van der Waals surface area contributed by atoms with Crippen molar-refractivity contribution in [3.05, 3.63) is 47.8 Å². The Labute approximate surface area is 186 Å². The number of benzene rings is 1. The zero-order valence-corrected chi connectivity index (χ0v) is 18.5. The first-order valence-corrected chi connectivity index (χ1v) is 11.0. The van der Waals surface area contributed by atoms with Crippen LogP contribution in [0.1, 0.15) is 41.9 Å². The van der Waals surface area contributed by atoms with Crippen molar-refractivity contribution in [1.82, 2.24) is 19.7 Å². The highest BCUT2D eigenvalue weighted by Crippen LogP contribution is 2.43. The molecule has 2 aliphatic carbocycles. The Morgan fingerprint density at radius 2 is 1.91 bits per heavy atom. The van der Waals surface area contributed by atoms with Crippen molar-refractivity contribution < 1.29 is 18.7 Å². The third-order valence-corrected chi connectivity index (χ3v) is 6.93. The lowest BCUT2D eigenvalue weighted by Gasteiger charge is -2.34. The van der Waals surface area contributed by atoms with Crippen LogP contribution >= 0.6 is 0 Å². The van der Waals surface area contributed by atoms with Gasteiger partial charge in [0, 0.05) is 30.5 Å². The van der Waals surface area contributed by atoms with E-state index in [0.717, 1.165) is 31.4 Å². The van der Waals surface area contributed by atoms with E-state index in [0.29, 0.717) is 40.6 Å². The highest BCUT2D eigenvalue weighted by molar-refractivity contribution is 5.98. The minimum Gasteiger partial charge on any atom is -0.497 e. The van der Waals surface area contributed by atoms with Crippen molar-refractivity contribution in [3.63, 3.8) is 0 Å². The van der Waals surface area contributed by atoms with Gasteiger partial charge in [0.15, 0.2) is 11.3 Å². The van der Waals surface area contributed by atoms with E-state index in [1.54, 1.807) is 23.9 Å². The highest BCUT2D eigenvalue weighted by Gasteiger charge is 2.43. The van der Waals surface area contributed by atoms with Crippen molar-refractivity contribution in [2.45, 2.75) is 44.8 Å². The summed E-state index contributed by atoms with van der Waals surface area (Å²) in [6.45, 7) is 1.90. The molecule has 2 aromatic heterocycles. The van der Waals surface area contributed by atoms with Gasteiger partial charge < -0.3 is 14.8 Å². The second kappa shape index (κ2) is 8.16. The Balaban J connectivity index is 1.44. The molecule has 1 aromatic carbocycles. The summed E-state index contributed by atoms with van der Waals surface area (Å²) in [4.78, 5) is 22.2. The van der Waals surface area contributed by atoms with E-state index in [1.165, 1.54) is 19.2 Å². The van der Waals surface area contributed by atoms with Crippen LogP contribution in [0.15, 0.2) is 30.6 Å². The van der Waals surface area contributed by atoms with E-state index in [-0.39, 0.29) is 17.6 Å². The van der Waals surface area contributed by atoms with E-state index in [4.69, 9.17) is 9.47 Å². The third-order valence-electron chi connectivity index (χ3n) is 6.93. The zero-order chi connectivity index (χ0) is 22.4. The first kappa shape index (κ1) is 20.9. The van der Waals surface area contributed by atoms with Crippen molar-refractivity contribution in [2.24, 2.45) is 11.8 Å². The van der Waals surface area contributed by atoms with Crippen LogP contribution in [-0.4, -0.2) is 46.6 Å². The number of aryl methyl sites for hydroxylation is 1. The lowest BCUT2D eigenvalue weighted by Crippen LogP contribution is -2.44. The molecule has 2 saturated carbocycles. The number of rotatable bonds is 5. The fraction of sp³-hybridized carbons (Fsp3) is 0.458. The number of fused-ring (bicyclic) bond motifs is 3. The van der Waals surface area contributed by atoms with Crippen LogP contribution in [0.5, 0.6) is 5.75 Å². The number of aromatic nitrogens is 3. The van der Waals surface area contributed by atoms with Crippen molar-refractivity contribution in [1.29, 1.82) is 0 Å². The van der Waals surface area contributed by atoms with Gasteiger partial charge in [0.05, 0.1) is 18.9 Å². The van der Waals surface area contributed by atoms with Gasteiger partial charge in [-0.25, -0.2) is 14.4 Å². The molecule has 0 radical (unpaired) electrons. The number of carbonyl (C=O) groups excluding carboxylic acids is 1. The molecule has 2 atom stereocenters. The molecule has 2 aliphatic rings. The van der Waals surface area contributed by atoms with Gasteiger partial charge >= 0.3 is 0 Å². The summed E-state index contributed by atoms with van der Waals surface area (Å²) in [5.41, 5.74) is 2.71. The van der Waals surface area contributed by atoms with Crippen molar-refractivity contribution >= 4 is 11.6 Å². The number of methoxy groups -OCH3 is 2. The SMILES string of the molecule is COc1cc(F)cc(-c2cc(C)n3cnc(C(=O)NC4CC5CCC(C4)C5OC)c3n2)c1. The van der Waals surface area contributed by atoms with Gasteiger partial charge in [-0.05, 0) is 62.6 Å². The average Bonchev–Trinajstić information content (AvgIpc) is 3.31. The molecule has 0 saturated heterocycles. The first-order chi connectivity index (χ1) is 15.5. The second-order valence-electron chi connectivity index (χ2n) is 8.89. The van der Waals surface area contributed by atoms with Crippen molar-refractivity contribution in [2.75, 3.05) is 14.2 Å². The molecular formula is C24H27FN4O3. The van der Waals surface area contributed by atoms with Crippen LogP contribution in [0.4, 0.5) is 4.39 Å². The number of nitrogens with one attached hydrogen (secondary N) is 1. The number of carbonyl (C=O) groups is 1. The molecule has 5 rings (SSSR count). The summed E-state index contributed by atoms with van der Waals surface area (Å²) in [5.74, 6) is 0.766. The smallest absolute Gasteiger partial charge is 0.274 e. The molecule has 2 fully saturated rings. The number of imidazole rings is 1. The second-order valence-corrected chi connectivity index (χ2v) is 8.89. The Bertz CT molecular complexity index is 1160. The third kappa shape index (κ3) is 3.62. The fourth-order valence-corrected chi connectivity index (χ4v) is 5.49. The maximum absolute atomic E-state index is 14.0. The molecule has 0 spiro atoms. The van der Waals surface area contributed by atoms with E-state index in [2.05, 4.69) is 15.3 Å². The lowest BCUT2D eigenvalue weighted by molar-refractivity contribution is 0.00603. The van der Waals surface area contributed by atoms with Gasteiger partial charge in [0.1, 0.15) is 17.9 Å². The first-order valence-electron chi connectivity index (χ1n) is 11.0. The lowest BCUT2D eigenvalue weighted by atomic mass is 9.82. The number of nitrogens with zero attached hydrogens (tertiary/aromatic N) is 3. The van der Waals surface area contributed by atoms with E-state index < -0.39 is 5.82 Å². The molecule has 2 heterocycles. The summed E-state index contributed by atoms with van der Waals surface area (Å²) in [6, 6.07) is 6.40. The topological polar surface area (TPSA) is 77.8 Å². The molecule has 2 unspecified atom stereocenters. The summed E-state index contributed by atoms with van der Waals surface area (Å²) in [7, 11) is 3.28. The predicted molar refractivity (Wildman–Crippen MR) is 117 cm³/mol. The van der Waals surface area contributed by atoms with Gasteiger partial charge in [-0.1, -0.05) is 0 Å². The van der Waals surface area contributed by atoms with Crippen LogP contribution in [-0.2, 0) is 4.74 Å². The molecule has 7 nitrogen and oxygen atoms in total. The Hall–Kier alpha value is -3.00. The minimum absolute atomic E-state index is 0.111. The largest absolute Gasteiger partial charge is 0.497 e. The number of amides is 1. The summed E-state index contributed by atoms with van der Waals surface area (Å²) in [6.07, 6.45) is 6.08. The summed E-state index contributed by atoms with van der Waals surface area (Å²) < 4.78 is 26.7. The highest BCUT2D eigenvalue weighted by atomic mass is 19.1. The average molecular weight is 439 g/mol. The molecule has 3 aromatic rings. The Morgan fingerprint density at radius 1 is 1.16 bits per heavy atom. The normalized spacial score (nSPS) is 24.6. The van der Waals surface area contributed by atoms with Crippen molar-refractivity contribution in [3.8, 4) is 17.0 Å². The molecule has 168 valence electrons. The van der Waals surface area contributed by atoms with Crippen LogP contribution in [0.2, 0.25) is 0 Å². The van der Waals surface area contributed by atoms with Gasteiger partial charge in [-0.3, -0.25) is 9.20 Å². The molecule has 0 aliphatic heterocycles. The number of halogens is 1. The van der Waals surface area contributed by atoms with E-state index >= 15 is 0 Å². The molecule has 2 bridgehead atoms.